The van der Waals surface area contributed by atoms with Crippen molar-refractivity contribution < 1.29 is 14.3 Å². The lowest BCUT2D eigenvalue weighted by molar-refractivity contribution is -0.130. The highest BCUT2D eigenvalue weighted by Crippen LogP contribution is 2.42. The van der Waals surface area contributed by atoms with Crippen molar-refractivity contribution >= 4 is 29.7 Å². The van der Waals surface area contributed by atoms with Crippen LogP contribution in [0.3, 0.4) is 0 Å². The van der Waals surface area contributed by atoms with Crippen molar-refractivity contribution in [2.75, 3.05) is 20.3 Å². The number of benzene rings is 2. The number of carbonyl (C=O) groups excluding carboxylic acids is 2. The van der Waals surface area contributed by atoms with Crippen LogP contribution in [-0.2, 0) is 16.1 Å². The molecule has 2 atom stereocenters. The summed E-state index contributed by atoms with van der Waals surface area (Å²) in [5.41, 5.74) is 3.97. The lowest BCUT2D eigenvalue weighted by Gasteiger charge is -2.44. The van der Waals surface area contributed by atoms with E-state index in [-0.39, 0.29) is 11.8 Å². The first-order valence-electron chi connectivity index (χ1n) is 12.2. The molecule has 34 heavy (non-hydrogen) atoms. The van der Waals surface area contributed by atoms with E-state index in [1.165, 1.54) is 24.0 Å². The van der Waals surface area contributed by atoms with E-state index in [0.717, 1.165) is 29.7 Å². The number of hydrogen-bond acceptors (Lipinski definition) is 4. The van der Waals surface area contributed by atoms with Crippen molar-refractivity contribution in [1.29, 1.82) is 0 Å². The van der Waals surface area contributed by atoms with Crippen molar-refractivity contribution in [2.45, 2.75) is 56.9 Å². The van der Waals surface area contributed by atoms with Gasteiger partial charge in [0.15, 0.2) is 0 Å². The highest BCUT2D eigenvalue weighted by molar-refractivity contribution is 8.04. The zero-order chi connectivity index (χ0) is 23.9. The molecule has 0 aromatic heterocycles. The highest BCUT2D eigenvalue weighted by Gasteiger charge is 2.40. The van der Waals surface area contributed by atoms with Gasteiger partial charge in [0.2, 0.25) is 0 Å². The van der Waals surface area contributed by atoms with Crippen LogP contribution in [0.15, 0.2) is 53.4 Å². The molecule has 2 aliphatic rings. The van der Waals surface area contributed by atoms with Crippen molar-refractivity contribution in [3.8, 4) is 0 Å². The number of hydrogen-bond donors (Lipinski definition) is 1. The van der Waals surface area contributed by atoms with Crippen LogP contribution in [0, 0.1) is 6.92 Å². The quantitative estimate of drug-likeness (QED) is 0.419. The molecule has 5 nitrogen and oxygen atoms in total. The fourth-order valence-corrected chi connectivity index (χ4v) is 6.13. The van der Waals surface area contributed by atoms with Gasteiger partial charge in [0.05, 0.1) is 4.91 Å². The standard InChI is InChI=1S/C28H34N2O3S/c1-20-8-10-22(11-9-20)19-30-24-6-3-4-7-25(24)34-26(28(30)32)18-21-12-14-23(15-13-21)27(31)29-16-5-17-33-2/h8-15,18,24-25H,3-7,16-17,19H2,1-2H3,(H,29,31)/b26-18+. The fourth-order valence-electron chi connectivity index (χ4n) is 4.65. The second-order valence-corrected chi connectivity index (χ2v) is 10.4. The number of amides is 2. The molecule has 0 bridgehead atoms. The number of nitrogens with one attached hydrogen (secondary N) is 1. The van der Waals surface area contributed by atoms with Gasteiger partial charge in [-0.1, -0.05) is 54.8 Å². The highest BCUT2D eigenvalue weighted by atomic mass is 32.2. The summed E-state index contributed by atoms with van der Waals surface area (Å²) in [6, 6.07) is 16.3. The van der Waals surface area contributed by atoms with Gasteiger partial charge in [0.25, 0.3) is 11.8 Å². The molecule has 0 radical (unpaired) electrons. The maximum absolute atomic E-state index is 13.6. The average molecular weight is 479 g/mol. The lowest BCUT2D eigenvalue weighted by Crippen LogP contribution is -2.50. The summed E-state index contributed by atoms with van der Waals surface area (Å²) in [4.78, 5) is 28.8. The number of carbonyl (C=O) groups is 2. The molecular weight excluding hydrogens is 444 g/mol. The normalized spacial score (nSPS) is 21.4. The first-order chi connectivity index (χ1) is 16.5. The zero-order valence-electron chi connectivity index (χ0n) is 20.1. The summed E-state index contributed by atoms with van der Waals surface area (Å²) in [7, 11) is 1.65. The minimum atomic E-state index is -0.0901. The van der Waals surface area contributed by atoms with E-state index in [9.17, 15) is 9.59 Å². The Morgan fingerprint density at radius 2 is 1.85 bits per heavy atom. The summed E-state index contributed by atoms with van der Waals surface area (Å²) < 4.78 is 5.01. The molecule has 2 aromatic rings. The Hall–Kier alpha value is -2.57. The fraction of sp³-hybridized carbons (Fsp3) is 0.429. The van der Waals surface area contributed by atoms with Gasteiger partial charge in [-0.25, -0.2) is 0 Å². The van der Waals surface area contributed by atoms with Crippen molar-refractivity contribution in [1.82, 2.24) is 10.2 Å². The Kier molecular flexibility index (Phi) is 8.46. The first kappa shape index (κ1) is 24.6. The van der Waals surface area contributed by atoms with Gasteiger partial charge < -0.3 is 15.0 Å². The summed E-state index contributed by atoms with van der Waals surface area (Å²) in [6.07, 6.45) is 7.41. The van der Waals surface area contributed by atoms with Crippen LogP contribution >= 0.6 is 11.8 Å². The molecule has 4 rings (SSSR count). The largest absolute Gasteiger partial charge is 0.385 e. The monoisotopic (exact) mass is 478 g/mol. The minimum absolute atomic E-state index is 0.0901. The van der Waals surface area contributed by atoms with Crippen molar-refractivity contribution in [3.63, 3.8) is 0 Å². The molecule has 6 heteroatoms. The van der Waals surface area contributed by atoms with Crippen LogP contribution in [-0.4, -0.2) is 48.3 Å². The Balaban J connectivity index is 1.48. The summed E-state index contributed by atoms with van der Waals surface area (Å²) in [5.74, 6) is 0.0291. The third-order valence-corrected chi connectivity index (χ3v) is 7.97. The maximum Gasteiger partial charge on any atom is 0.260 e. The SMILES string of the molecule is COCCCNC(=O)c1ccc(/C=C2/SC3CCCCC3N(Cc3ccc(C)cc3)C2=O)cc1. The topological polar surface area (TPSA) is 58.6 Å². The summed E-state index contributed by atoms with van der Waals surface area (Å²) in [6.45, 7) is 3.95. The van der Waals surface area contributed by atoms with Gasteiger partial charge in [-0.2, -0.15) is 0 Å². The van der Waals surface area contributed by atoms with Gasteiger partial charge in [-0.3, -0.25) is 9.59 Å². The van der Waals surface area contributed by atoms with E-state index >= 15 is 0 Å². The molecule has 2 fully saturated rings. The summed E-state index contributed by atoms with van der Waals surface area (Å²) >= 11 is 1.74. The van der Waals surface area contributed by atoms with E-state index in [1.54, 1.807) is 18.9 Å². The molecule has 1 aliphatic heterocycles. The average Bonchev–Trinajstić information content (AvgIpc) is 2.86. The van der Waals surface area contributed by atoms with Crippen LogP contribution in [0.25, 0.3) is 6.08 Å². The number of ether oxygens (including phenoxy) is 1. The lowest BCUT2D eigenvalue weighted by atomic mass is 9.92. The number of nitrogens with zero attached hydrogens (tertiary/aromatic N) is 1. The van der Waals surface area contributed by atoms with Crippen LogP contribution in [0.2, 0.25) is 0 Å². The second kappa shape index (κ2) is 11.7. The van der Waals surface area contributed by atoms with E-state index in [0.29, 0.717) is 36.6 Å². The van der Waals surface area contributed by atoms with E-state index in [4.69, 9.17) is 4.74 Å². The molecule has 2 unspecified atom stereocenters. The van der Waals surface area contributed by atoms with Crippen LogP contribution in [0.5, 0.6) is 0 Å². The number of fused-ring (bicyclic) bond motifs is 1. The molecular formula is C28H34N2O3S. The molecule has 1 saturated carbocycles. The molecule has 2 amide bonds. The van der Waals surface area contributed by atoms with Gasteiger partial charge >= 0.3 is 0 Å². The first-order valence-corrected chi connectivity index (χ1v) is 13.0. The smallest absolute Gasteiger partial charge is 0.260 e. The molecule has 1 saturated heterocycles. The second-order valence-electron chi connectivity index (χ2n) is 9.16. The van der Waals surface area contributed by atoms with Gasteiger partial charge in [-0.05, 0) is 55.5 Å². The Morgan fingerprint density at radius 1 is 1.12 bits per heavy atom. The molecule has 180 valence electrons. The van der Waals surface area contributed by atoms with Crippen LogP contribution in [0.4, 0.5) is 0 Å². The number of thioether (sulfide) groups is 1. The van der Waals surface area contributed by atoms with Gasteiger partial charge in [0.1, 0.15) is 0 Å². The van der Waals surface area contributed by atoms with E-state index < -0.39 is 0 Å². The Morgan fingerprint density at radius 3 is 2.59 bits per heavy atom. The van der Waals surface area contributed by atoms with Crippen LogP contribution in [0.1, 0.15) is 59.2 Å². The third-order valence-electron chi connectivity index (χ3n) is 6.57. The maximum atomic E-state index is 13.6. The van der Waals surface area contributed by atoms with Crippen molar-refractivity contribution in [2.24, 2.45) is 0 Å². The number of methoxy groups -OCH3 is 1. The van der Waals surface area contributed by atoms with Gasteiger partial charge in [-0.15, -0.1) is 11.8 Å². The molecule has 0 spiro atoms. The van der Waals surface area contributed by atoms with E-state index in [2.05, 4.69) is 41.4 Å². The number of aryl methyl sites for hydroxylation is 1. The molecule has 1 heterocycles. The van der Waals surface area contributed by atoms with Crippen molar-refractivity contribution in [3.05, 3.63) is 75.7 Å². The number of rotatable bonds is 8. The Labute approximate surface area is 206 Å². The Bertz CT molecular complexity index is 1020. The molecule has 2 aromatic carbocycles. The predicted octanol–water partition coefficient (Wildman–Crippen LogP) is 5.19. The molecule has 1 N–H and O–H groups in total. The molecule has 1 aliphatic carbocycles. The predicted molar refractivity (Wildman–Crippen MR) is 139 cm³/mol. The van der Waals surface area contributed by atoms with E-state index in [1.807, 2.05) is 30.3 Å². The third kappa shape index (κ3) is 6.10. The zero-order valence-corrected chi connectivity index (χ0v) is 20.9. The minimum Gasteiger partial charge on any atom is -0.385 e. The summed E-state index contributed by atoms with van der Waals surface area (Å²) in [5, 5.41) is 3.35. The van der Waals surface area contributed by atoms with Gasteiger partial charge in [0, 0.05) is 43.7 Å². The van der Waals surface area contributed by atoms with Crippen LogP contribution < -0.4 is 5.32 Å².